The van der Waals surface area contributed by atoms with E-state index in [1.54, 1.807) is 0 Å². The van der Waals surface area contributed by atoms with Gasteiger partial charge in [-0.25, -0.2) is 0 Å². The van der Waals surface area contributed by atoms with Crippen LogP contribution in [0, 0.1) is 0 Å². The van der Waals surface area contributed by atoms with E-state index in [9.17, 15) is 0 Å². The van der Waals surface area contributed by atoms with E-state index >= 15 is 0 Å². The molecule has 0 aromatic rings. The van der Waals surface area contributed by atoms with E-state index in [0.717, 1.165) is 0 Å². The van der Waals surface area contributed by atoms with Crippen molar-refractivity contribution in [2.24, 2.45) is 0 Å². The molecule has 0 aromatic carbocycles. The average Bonchev–Trinajstić information content (AvgIpc) is 0. The van der Waals surface area contributed by atoms with Crippen LogP contribution in [0.25, 0.3) is 0 Å². The van der Waals surface area contributed by atoms with Gasteiger partial charge in [0.1, 0.15) is 0 Å². The van der Waals surface area contributed by atoms with Gasteiger partial charge in [-0.3, -0.25) is 0 Å². The predicted octanol–water partition coefficient (Wildman–Crippen LogP) is -10.1. The van der Waals surface area contributed by atoms with E-state index < -0.39 is 0 Å². The zero-order valence-electron chi connectivity index (χ0n) is 35.7. The van der Waals surface area contributed by atoms with Crippen molar-refractivity contribution in [1.82, 2.24) is 0 Å². The molecule has 0 heterocycles. The average molecular weight is 10900 g/mol. The first-order valence-corrected chi connectivity index (χ1v) is 0. The van der Waals surface area contributed by atoms with Gasteiger partial charge in [0.15, 0.2) is 0 Å². The minimum atomic E-state index is 0. The monoisotopic (exact) mass is 10900 g/mol. The molecule has 0 saturated carbocycles. The van der Waals surface area contributed by atoms with Gasteiger partial charge in [0.25, 0.3) is 0 Å². The summed E-state index contributed by atoms with van der Waals surface area (Å²) in [7, 11) is 0. The number of hydrogen-bond donors (Lipinski definition) is 0. The van der Waals surface area contributed by atoms with Crippen molar-refractivity contribution in [2.45, 2.75) is 0 Å². The van der Waals surface area contributed by atoms with E-state index in [4.69, 9.17) is 0 Å². The fourth-order valence-electron chi connectivity index (χ4n) is 0. The molecule has 0 saturated heterocycles. The Labute approximate surface area is 2190 Å². The molecule has 100 heteroatoms. The van der Waals surface area contributed by atoms with E-state index in [1.165, 1.54) is 0 Å². The maximum absolute atomic E-state index is 0. The largest absolute Gasteiger partial charge is 0 e. The Morgan fingerprint density at radius 3 is 0.0400 bits per heavy atom. The van der Waals surface area contributed by atoms with Crippen LogP contribution < -0.4 is 0 Å². The predicted molar refractivity (Wildman–Crippen MR) is 150 cm³/mol. The summed E-state index contributed by atoms with van der Waals surface area (Å²) in [4.78, 5) is 0. The van der Waals surface area contributed by atoms with Gasteiger partial charge < -0.3 is 0 Å². The van der Waals surface area contributed by atoms with Crippen LogP contribution in [-0.2, 0) is 1640 Å². The van der Waals surface area contributed by atoms with Crippen LogP contribution in [0.2, 0.25) is 0 Å². The molecule has 0 bridgehead atoms. The topological polar surface area (TPSA) is 0 Å². The summed E-state index contributed by atoms with van der Waals surface area (Å²) in [6, 6.07) is 0. The van der Waals surface area contributed by atoms with Gasteiger partial charge >= 0.3 is 0 Å². The molecule has 0 atom stereocenters. The number of hydrogen-bond acceptors (Lipinski definition) is 0. The first kappa shape index (κ1) is 942. The summed E-state index contributed by atoms with van der Waals surface area (Å²) < 4.78 is 0. The van der Waals surface area contributed by atoms with Crippen LogP contribution in [0.1, 0.15) is 0 Å². The van der Waals surface area contributed by atoms with Crippen LogP contribution in [0.5, 0.6) is 0 Å². The third-order valence-electron chi connectivity index (χ3n) is 0. The fraction of sp³-hybridized carbons (Fsp3) is 0. The molecule has 100 heavy (non-hydrogen) atoms. The Morgan fingerprint density at radius 1 is 0.0400 bits per heavy atom. The maximum atomic E-state index is 0. The van der Waals surface area contributed by atoms with Crippen molar-refractivity contribution in [3.8, 4) is 0 Å². The van der Waals surface area contributed by atoms with E-state index in [2.05, 4.69) is 0 Å². The molecule has 177 radical (unpaired) electrons. The van der Waals surface area contributed by atoms with Crippen molar-refractivity contribution in [3.63, 3.8) is 0 Å². The third-order valence-corrected chi connectivity index (χ3v) is 0. The van der Waals surface area contributed by atoms with Gasteiger partial charge in [0.2, 0.25) is 0 Å². The molecule has 0 amide bonds. The Kier molecular flexibility index (Phi) is 8720. The van der Waals surface area contributed by atoms with Crippen LogP contribution >= 0.6 is 0 Å². The summed E-state index contributed by atoms with van der Waals surface area (Å²) in [6.07, 6.45) is 0. The summed E-state index contributed by atoms with van der Waals surface area (Å²) in [6.45, 7) is 0. The van der Waals surface area contributed by atoms with Crippen molar-refractivity contribution >= 4 is 622 Å². The molecule has 0 unspecified atom stereocenters. The first-order chi connectivity index (χ1) is 0. The SMILES string of the molecule is [Ag].[Ag].[Ag].[Ag].[Ag].[Ag].[Ag].[Ag].[Ag].[Ag].[Ag].[Ag].[Ag].[Ag].[Ag].[Ag].[Ag].[Ag].[Ag].[Ag].[Ag].[Ag].[Ag].[Ag].[Ag].[Ag].[Ag].[Ag].[Ag].[Ag].[Ag].[Ag].[Ag].[Ag].[Ag].[Ag].[Ag].[Ag].[Ag].[Ag].[Ag].[Ag].[Ag].[Ag].[Ag].[Ag].[Ag].[Ag].[Ag].[Ag].[Ag].[Ag].[Ag].[Ag].[Ag].[Ag].[Ag].[Ag].[Ag].[Ag].[Ag].[Ag].[Ag].[Ag].[Ag].[Ag].[Ag].[Ag].[Ag].[Ag].[Ag].[Cu].[Cu].[Sn].[Sn].[Sn].[Sn].[Sn].[Sn].[Sn].[Sn].[Sn].[Sn].[Sn].[Sn].[Sn].[Sn].[Sn].[Sn].[Sn].[Sn].[Sn].[Sn].[Sn].[Sn].[Sn].[Sn].[Sn].[Sn].[Zn]. The van der Waals surface area contributed by atoms with Gasteiger partial charge in [0.05, 0.1) is 0 Å². The molecular weight excluding hydrogens is 10900 g/mol. The van der Waals surface area contributed by atoms with E-state index in [0.29, 0.717) is 0 Å². The van der Waals surface area contributed by atoms with Gasteiger partial charge in [-0.1, -0.05) is 0 Å². The second kappa shape index (κ2) is 926. The quantitative estimate of drug-likeness (QED) is 0.212. The van der Waals surface area contributed by atoms with Crippen LogP contribution in [0.3, 0.4) is 0 Å². The molecule has 0 aliphatic rings. The third kappa shape index (κ3) is 910. The molecule has 0 aliphatic heterocycles. The molecule has 0 spiro atoms. The van der Waals surface area contributed by atoms with Crippen molar-refractivity contribution in [1.29, 1.82) is 0 Å². The van der Waals surface area contributed by atoms with Crippen molar-refractivity contribution in [2.75, 3.05) is 0 Å². The second-order valence-electron chi connectivity index (χ2n) is 0. The minimum absolute atomic E-state index is 0. The fourth-order valence-corrected chi connectivity index (χ4v) is 0. The minimum Gasteiger partial charge on any atom is 0 e. The van der Waals surface area contributed by atoms with E-state index in [1.807, 2.05) is 0 Å². The van der Waals surface area contributed by atoms with Gasteiger partial charge in [-0.05, 0) is 0 Å². The molecule has 0 aromatic heterocycles. The molecule has 909 valence electrons. The number of rotatable bonds is 0. The molecule has 0 nitrogen and oxygen atoms in total. The molecule has 0 aliphatic carbocycles. The molecule has 0 N–H and O–H groups in total. The van der Waals surface area contributed by atoms with Crippen LogP contribution in [0.15, 0.2) is 0 Å². The Morgan fingerprint density at radius 2 is 0.0400 bits per heavy atom. The zero-order chi connectivity index (χ0) is 0. The normalized spacial score (nSPS) is 0. The van der Waals surface area contributed by atoms with E-state index in [-0.39, 0.29) is 2260 Å². The van der Waals surface area contributed by atoms with Gasteiger partial charge in [0, 0.05) is 2260 Å². The first-order valence-electron chi connectivity index (χ1n) is 0. The summed E-state index contributed by atoms with van der Waals surface area (Å²) >= 11 is 0. The van der Waals surface area contributed by atoms with Crippen LogP contribution in [-0.4, -0.2) is 622 Å². The summed E-state index contributed by atoms with van der Waals surface area (Å²) in [5.74, 6) is 0. The second-order valence-corrected chi connectivity index (χ2v) is 0. The summed E-state index contributed by atoms with van der Waals surface area (Å²) in [5, 5.41) is 0. The Bertz CT molecular complexity index is 104. The Hall–Kier alpha value is 75.0. The molecular formula is Ag71Cu2Sn26Zn. The maximum Gasteiger partial charge on any atom is 0 e. The van der Waals surface area contributed by atoms with Crippen molar-refractivity contribution in [3.05, 3.63) is 0 Å². The zero-order valence-corrected chi connectivity index (χ0v) is 220. The molecule has 0 fully saturated rings. The standard InChI is InChI=1S/71Ag.2Cu.26Sn.Zn. The Balaban J connectivity index is 0. The van der Waals surface area contributed by atoms with Crippen LogP contribution in [0.4, 0.5) is 0 Å². The van der Waals surface area contributed by atoms with Gasteiger partial charge in [-0.2, -0.15) is 0 Å². The van der Waals surface area contributed by atoms with Crippen molar-refractivity contribution < 1.29 is 1640 Å². The van der Waals surface area contributed by atoms with Gasteiger partial charge in [-0.15, -0.1) is 0 Å². The summed E-state index contributed by atoms with van der Waals surface area (Å²) in [5.41, 5.74) is 0. The molecule has 0 rings (SSSR count). The smallest absolute Gasteiger partial charge is 0 e.